The minimum Gasteiger partial charge on any atom is -0.367 e. The summed E-state index contributed by atoms with van der Waals surface area (Å²) in [5.74, 6) is 0.929. The van der Waals surface area contributed by atoms with E-state index < -0.39 is 0 Å². The summed E-state index contributed by atoms with van der Waals surface area (Å²) in [6, 6.07) is 7.59. The van der Waals surface area contributed by atoms with Gasteiger partial charge in [-0.2, -0.15) is 5.10 Å². The summed E-state index contributed by atoms with van der Waals surface area (Å²) >= 11 is 0. The average molecular weight is 390 g/mol. The van der Waals surface area contributed by atoms with Gasteiger partial charge in [-0.3, -0.25) is 4.68 Å². The van der Waals surface area contributed by atoms with E-state index in [0.717, 1.165) is 51.7 Å². The molecule has 1 aromatic carbocycles. The van der Waals surface area contributed by atoms with Crippen LogP contribution in [0.5, 0.6) is 0 Å². The van der Waals surface area contributed by atoms with Gasteiger partial charge in [0.1, 0.15) is 17.8 Å². The third-order valence-corrected chi connectivity index (χ3v) is 6.20. The number of aromatic amines is 1. The lowest BCUT2D eigenvalue weighted by molar-refractivity contribution is 0.221. The Balaban J connectivity index is 1.50. The molecule has 0 unspecified atom stereocenters. The fourth-order valence-electron chi connectivity index (χ4n) is 4.51. The summed E-state index contributed by atoms with van der Waals surface area (Å²) in [5.41, 5.74) is 4.21. The summed E-state index contributed by atoms with van der Waals surface area (Å²) in [7, 11) is 6.30. The topological polar surface area (TPSA) is 74.7 Å². The van der Waals surface area contributed by atoms with Crippen molar-refractivity contribution in [1.29, 1.82) is 0 Å². The second-order valence-electron chi connectivity index (χ2n) is 8.35. The van der Waals surface area contributed by atoms with Gasteiger partial charge in [0.25, 0.3) is 0 Å². The maximum Gasteiger partial charge on any atom is 0.143 e. The molecule has 7 heteroatoms. The maximum absolute atomic E-state index is 4.61. The summed E-state index contributed by atoms with van der Waals surface area (Å²) in [5, 5.41) is 10.2. The third kappa shape index (κ3) is 3.35. The summed E-state index contributed by atoms with van der Waals surface area (Å²) in [4.78, 5) is 14.9. The molecular weight excluding hydrogens is 362 g/mol. The predicted octanol–water partition coefficient (Wildman–Crippen LogP) is 3.80. The molecule has 0 radical (unpaired) electrons. The standard InChI is InChI=1S/C22H27N7/c1-28(2)17-7-5-16(6-8-17)26-21-20-18-10-14(15-11-25-29(3)12-15)4-9-19(18)27-22(20)24-13-23-21/h4,9-13,16-17H,5-8H2,1-3H3,(H2,23,24,26,27)/t16-,17-. The van der Waals surface area contributed by atoms with Crippen LogP contribution in [0.1, 0.15) is 25.7 Å². The smallest absolute Gasteiger partial charge is 0.143 e. The Kier molecular flexibility index (Phi) is 4.47. The van der Waals surface area contributed by atoms with Crippen molar-refractivity contribution in [1.82, 2.24) is 29.6 Å². The highest BCUT2D eigenvalue weighted by molar-refractivity contribution is 6.12. The quantitative estimate of drug-likeness (QED) is 0.555. The van der Waals surface area contributed by atoms with Crippen LogP contribution in [0.3, 0.4) is 0 Å². The molecule has 7 nitrogen and oxygen atoms in total. The lowest BCUT2D eigenvalue weighted by atomic mass is 9.90. The third-order valence-electron chi connectivity index (χ3n) is 6.20. The minimum atomic E-state index is 0.454. The summed E-state index contributed by atoms with van der Waals surface area (Å²) < 4.78 is 1.83. The van der Waals surface area contributed by atoms with Gasteiger partial charge in [-0.1, -0.05) is 6.07 Å². The Morgan fingerprint density at radius 1 is 1.10 bits per heavy atom. The Labute approximate surface area is 170 Å². The molecule has 0 amide bonds. The van der Waals surface area contributed by atoms with Crippen LogP contribution in [0.15, 0.2) is 36.9 Å². The molecule has 0 atom stereocenters. The molecule has 1 aliphatic rings. The number of anilines is 1. The second-order valence-corrected chi connectivity index (χ2v) is 8.35. The molecule has 1 fully saturated rings. The average Bonchev–Trinajstić information content (AvgIpc) is 3.31. The molecular formula is C22H27N7. The fraction of sp³-hybridized carbons (Fsp3) is 0.409. The van der Waals surface area contributed by atoms with Crippen LogP contribution in [0.2, 0.25) is 0 Å². The summed E-state index contributed by atoms with van der Waals surface area (Å²) in [6.45, 7) is 0. The van der Waals surface area contributed by atoms with Gasteiger partial charge in [-0.05, 0) is 57.5 Å². The number of aryl methyl sites for hydroxylation is 1. The first kappa shape index (κ1) is 18.1. The van der Waals surface area contributed by atoms with Crippen molar-refractivity contribution in [2.75, 3.05) is 19.4 Å². The molecule has 1 aliphatic carbocycles. The highest BCUT2D eigenvalue weighted by atomic mass is 15.2. The zero-order valence-corrected chi connectivity index (χ0v) is 17.2. The SMILES string of the molecule is Cn1cc(-c2ccc3[nH]c4ncnc(N[C@H]5CC[C@H](N(C)C)CC5)c4c3c2)cn1. The van der Waals surface area contributed by atoms with Crippen LogP contribution < -0.4 is 5.32 Å². The van der Waals surface area contributed by atoms with E-state index in [1.807, 2.05) is 24.1 Å². The van der Waals surface area contributed by atoms with E-state index in [1.165, 1.54) is 12.8 Å². The first-order chi connectivity index (χ1) is 14.1. The van der Waals surface area contributed by atoms with Gasteiger partial charge < -0.3 is 15.2 Å². The van der Waals surface area contributed by atoms with Crippen molar-refractivity contribution in [3.05, 3.63) is 36.9 Å². The van der Waals surface area contributed by atoms with Crippen molar-refractivity contribution >= 4 is 27.8 Å². The van der Waals surface area contributed by atoms with Gasteiger partial charge in [0.15, 0.2) is 0 Å². The van der Waals surface area contributed by atoms with Gasteiger partial charge in [-0.15, -0.1) is 0 Å². The number of rotatable bonds is 4. The number of aromatic nitrogens is 5. The zero-order chi connectivity index (χ0) is 20.0. The maximum atomic E-state index is 4.61. The van der Waals surface area contributed by atoms with E-state index >= 15 is 0 Å². The normalized spacial score (nSPS) is 20.0. The zero-order valence-electron chi connectivity index (χ0n) is 17.2. The molecule has 2 N–H and O–H groups in total. The predicted molar refractivity (Wildman–Crippen MR) is 117 cm³/mol. The van der Waals surface area contributed by atoms with Gasteiger partial charge in [-0.25, -0.2) is 9.97 Å². The van der Waals surface area contributed by atoms with Crippen LogP contribution in [0, 0.1) is 0 Å². The number of nitrogens with zero attached hydrogens (tertiary/aromatic N) is 5. The number of benzene rings is 1. The van der Waals surface area contributed by atoms with Crippen LogP contribution in [-0.2, 0) is 7.05 Å². The Hall–Kier alpha value is -2.93. The highest BCUT2D eigenvalue weighted by Crippen LogP contribution is 2.33. The van der Waals surface area contributed by atoms with Gasteiger partial charge >= 0.3 is 0 Å². The molecule has 150 valence electrons. The second kappa shape index (κ2) is 7.15. The monoisotopic (exact) mass is 389 g/mol. The van der Waals surface area contributed by atoms with Gasteiger partial charge in [0.2, 0.25) is 0 Å². The van der Waals surface area contributed by atoms with E-state index in [4.69, 9.17) is 0 Å². The Morgan fingerprint density at radius 3 is 2.66 bits per heavy atom. The molecule has 0 spiro atoms. The van der Waals surface area contributed by atoms with E-state index in [-0.39, 0.29) is 0 Å². The molecule has 3 heterocycles. The van der Waals surface area contributed by atoms with E-state index in [0.29, 0.717) is 12.1 Å². The van der Waals surface area contributed by atoms with Gasteiger partial charge in [0.05, 0.1) is 11.6 Å². The van der Waals surface area contributed by atoms with Crippen LogP contribution in [-0.4, -0.2) is 55.8 Å². The first-order valence-electron chi connectivity index (χ1n) is 10.3. The number of nitrogens with one attached hydrogen (secondary N) is 2. The molecule has 3 aromatic heterocycles. The van der Waals surface area contributed by atoms with E-state index in [2.05, 4.69) is 62.6 Å². The molecule has 1 saturated carbocycles. The lowest BCUT2D eigenvalue weighted by Gasteiger charge is -2.33. The lowest BCUT2D eigenvalue weighted by Crippen LogP contribution is -2.36. The fourth-order valence-corrected chi connectivity index (χ4v) is 4.51. The molecule has 0 aliphatic heterocycles. The first-order valence-corrected chi connectivity index (χ1v) is 10.3. The highest BCUT2D eigenvalue weighted by Gasteiger charge is 2.23. The van der Waals surface area contributed by atoms with Crippen molar-refractivity contribution in [2.45, 2.75) is 37.8 Å². The van der Waals surface area contributed by atoms with Crippen molar-refractivity contribution in [3.63, 3.8) is 0 Å². The van der Waals surface area contributed by atoms with Crippen molar-refractivity contribution < 1.29 is 0 Å². The van der Waals surface area contributed by atoms with E-state index in [1.54, 1.807) is 6.33 Å². The molecule has 5 rings (SSSR count). The Bertz CT molecular complexity index is 1150. The largest absolute Gasteiger partial charge is 0.367 e. The van der Waals surface area contributed by atoms with E-state index in [9.17, 15) is 0 Å². The molecule has 0 bridgehead atoms. The van der Waals surface area contributed by atoms with Gasteiger partial charge in [0, 0.05) is 41.8 Å². The molecule has 4 aromatic rings. The van der Waals surface area contributed by atoms with Crippen molar-refractivity contribution in [3.8, 4) is 11.1 Å². The van der Waals surface area contributed by atoms with Crippen molar-refractivity contribution in [2.24, 2.45) is 7.05 Å². The van der Waals surface area contributed by atoms with Crippen LogP contribution in [0.25, 0.3) is 33.1 Å². The summed E-state index contributed by atoms with van der Waals surface area (Å²) in [6.07, 6.45) is 10.3. The Morgan fingerprint density at radius 2 is 1.93 bits per heavy atom. The van der Waals surface area contributed by atoms with Crippen LogP contribution >= 0.6 is 0 Å². The number of H-pyrrole nitrogens is 1. The number of hydrogen-bond donors (Lipinski definition) is 2. The number of hydrogen-bond acceptors (Lipinski definition) is 5. The minimum absolute atomic E-state index is 0.454. The molecule has 0 saturated heterocycles. The number of fused-ring (bicyclic) bond motifs is 3. The molecule has 29 heavy (non-hydrogen) atoms. The van der Waals surface area contributed by atoms with Crippen LogP contribution in [0.4, 0.5) is 5.82 Å².